The number of nitrogens with one attached hydrogen (secondary N) is 1. The third kappa shape index (κ3) is 2.97. The van der Waals surface area contributed by atoms with Crippen LogP contribution in [0.15, 0.2) is 60.8 Å². The van der Waals surface area contributed by atoms with Crippen molar-refractivity contribution in [1.29, 1.82) is 0 Å². The lowest BCUT2D eigenvalue weighted by molar-refractivity contribution is 0.0933. The third-order valence-electron chi connectivity index (χ3n) is 4.60. The highest BCUT2D eigenvalue weighted by Gasteiger charge is 2.29. The van der Waals surface area contributed by atoms with Gasteiger partial charge in [-0.05, 0) is 30.2 Å². The van der Waals surface area contributed by atoms with E-state index in [0.29, 0.717) is 11.4 Å². The van der Waals surface area contributed by atoms with Gasteiger partial charge in [0, 0.05) is 42.4 Å². The van der Waals surface area contributed by atoms with Gasteiger partial charge in [0.05, 0.1) is 11.6 Å². The third-order valence-corrected chi connectivity index (χ3v) is 4.60. The van der Waals surface area contributed by atoms with Crippen molar-refractivity contribution in [2.24, 2.45) is 5.92 Å². The molecular weight excluding hydrogens is 303 g/mol. The van der Waals surface area contributed by atoms with Crippen LogP contribution in [-0.2, 0) is 4.74 Å². The minimum atomic E-state index is -0.263. The summed E-state index contributed by atoms with van der Waals surface area (Å²) >= 11 is 0. The molecule has 2 heterocycles. The highest BCUT2D eigenvalue weighted by atomic mass is 19.1. The standard InChI is InChI=1S/C20H19FN2O/c21-16-6-7-17-18(8-10-22-19(17)12-16)23-13-15-9-11-24-20(15)14-4-2-1-3-5-14/h1-8,10,12,15,20H,9,11,13H2,(H,22,23). The molecule has 3 aromatic rings. The largest absolute Gasteiger partial charge is 0.384 e. The van der Waals surface area contributed by atoms with E-state index in [1.807, 2.05) is 24.3 Å². The summed E-state index contributed by atoms with van der Waals surface area (Å²) in [4.78, 5) is 4.24. The van der Waals surface area contributed by atoms with Gasteiger partial charge in [-0.15, -0.1) is 0 Å². The number of hydrogen-bond acceptors (Lipinski definition) is 3. The highest BCUT2D eigenvalue weighted by Crippen LogP contribution is 2.35. The number of pyridine rings is 1. The van der Waals surface area contributed by atoms with Gasteiger partial charge >= 0.3 is 0 Å². The number of halogens is 1. The summed E-state index contributed by atoms with van der Waals surface area (Å²) in [7, 11) is 0. The van der Waals surface area contributed by atoms with Crippen LogP contribution in [0.5, 0.6) is 0 Å². The number of ether oxygens (including phenoxy) is 1. The molecule has 1 aliphatic heterocycles. The summed E-state index contributed by atoms with van der Waals surface area (Å²) in [6, 6.07) is 17.0. The Bertz CT molecular complexity index is 837. The summed E-state index contributed by atoms with van der Waals surface area (Å²) in [5.74, 6) is 0.150. The Balaban J connectivity index is 1.52. The Morgan fingerprint density at radius 1 is 1.12 bits per heavy atom. The van der Waals surface area contributed by atoms with Gasteiger partial charge in [0.15, 0.2) is 0 Å². The maximum Gasteiger partial charge on any atom is 0.125 e. The van der Waals surface area contributed by atoms with Gasteiger partial charge in [0.25, 0.3) is 0 Å². The van der Waals surface area contributed by atoms with Gasteiger partial charge in [0.1, 0.15) is 5.82 Å². The fourth-order valence-corrected chi connectivity index (χ4v) is 3.37. The van der Waals surface area contributed by atoms with Crippen LogP contribution in [0.4, 0.5) is 10.1 Å². The average Bonchev–Trinajstić information content (AvgIpc) is 3.09. The van der Waals surface area contributed by atoms with Crippen molar-refractivity contribution in [1.82, 2.24) is 4.98 Å². The van der Waals surface area contributed by atoms with Crippen molar-refractivity contribution < 1.29 is 9.13 Å². The number of rotatable bonds is 4. The summed E-state index contributed by atoms with van der Waals surface area (Å²) in [5.41, 5.74) is 2.88. The predicted molar refractivity (Wildman–Crippen MR) is 93.4 cm³/mol. The van der Waals surface area contributed by atoms with E-state index < -0.39 is 0 Å². The molecule has 1 fully saturated rings. The molecule has 2 aromatic carbocycles. The fourth-order valence-electron chi connectivity index (χ4n) is 3.37. The second kappa shape index (κ2) is 6.57. The average molecular weight is 322 g/mol. The van der Waals surface area contributed by atoms with Crippen molar-refractivity contribution >= 4 is 16.6 Å². The van der Waals surface area contributed by atoms with Crippen LogP contribution in [0.25, 0.3) is 10.9 Å². The molecule has 0 saturated carbocycles. The molecule has 1 N–H and O–H groups in total. The Hall–Kier alpha value is -2.46. The van der Waals surface area contributed by atoms with Gasteiger partial charge in [-0.1, -0.05) is 30.3 Å². The van der Waals surface area contributed by atoms with Crippen LogP contribution in [0, 0.1) is 11.7 Å². The molecule has 0 spiro atoms. The topological polar surface area (TPSA) is 34.1 Å². The van der Waals surface area contributed by atoms with E-state index in [0.717, 1.165) is 30.6 Å². The quantitative estimate of drug-likeness (QED) is 0.764. The molecular formula is C20H19FN2O. The molecule has 0 amide bonds. The first-order valence-electron chi connectivity index (χ1n) is 8.26. The Morgan fingerprint density at radius 2 is 2.00 bits per heavy atom. The Kier molecular flexibility index (Phi) is 4.13. The molecule has 2 unspecified atom stereocenters. The molecule has 0 aliphatic carbocycles. The molecule has 4 heteroatoms. The Labute approximate surface area is 140 Å². The maximum atomic E-state index is 13.4. The zero-order chi connectivity index (χ0) is 16.4. The number of hydrogen-bond donors (Lipinski definition) is 1. The minimum Gasteiger partial charge on any atom is -0.384 e. The molecule has 122 valence electrons. The number of aromatic nitrogens is 1. The van der Waals surface area contributed by atoms with E-state index >= 15 is 0 Å². The van der Waals surface area contributed by atoms with E-state index in [2.05, 4.69) is 22.4 Å². The number of nitrogens with zero attached hydrogens (tertiary/aromatic N) is 1. The van der Waals surface area contributed by atoms with Gasteiger partial charge in [0.2, 0.25) is 0 Å². The predicted octanol–water partition coefficient (Wildman–Crippen LogP) is 4.56. The zero-order valence-corrected chi connectivity index (χ0v) is 13.3. The van der Waals surface area contributed by atoms with E-state index in [-0.39, 0.29) is 11.9 Å². The first-order chi connectivity index (χ1) is 11.8. The summed E-state index contributed by atoms with van der Waals surface area (Å²) in [5, 5.41) is 4.45. The van der Waals surface area contributed by atoms with Crippen LogP contribution in [0.1, 0.15) is 18.1 Å². The summed E-state index contributed by atoms with van der Waals surface area (Å²) in [6.45, 7) is 1.60. The monoisotopic (exact) mass is 322 g/mol. The summed E-state index contributed by atoms with van der Waals surface area (Å²) < 4.78 is 19.3. The SMILES string of the molecule is Fc1ccc2c(NCC3CCOC3c3ccccc3)ccnc2c1. The first kappa shape index (κ1) is 15.1. The van der Waals surface area contributed by atoms with E-state index in [1.165, 1.54) is 17.7 Å². The van der Waals surface area contributed by atoms with Crippen LogP contribution in [0.2, 0.25) is 0 Å². The molecule has 3 nitrogen and oxygen atoms in total. The number of fused-ring (bicyclic) bond motifs is 1. The normalized spacial score (nSPS) is 20.4. The van der Waals surface area contributed by atoms with Crippen LogP contribution >= 0.6 is 0 Å². The smallest absolute Gasteiger partial charge is 0.125 e. The molecule has 1 saturated heterocycles. The minimum absolute atomic E-state index is 0.129. The summed E-state index contributed by atoms with van der Waals surface area (Å²) in [6.07, 6.45) is 2.87. The van der Waals surface area contributed by atoms with E-state index in [1.54, 1.807) is 12.3 Å². The molecule has 24 heavy (non-hydrogen) atoms. The molecule has 2 atom stereocenters. The van der Waals surface area contributed by atoms with Gasteiger partial charge in [-0.3, -0.25) is 4.98 Å². The number of anilines is 1. The van der Waals surface area contributed by atoms with Gasteiger partial charge in [-0.2, -0.15) is 0 Å². The van der Waals surface area contributed by atoms with Crippen LogP contribution in [0.3, 0.4) is 0 Å². The van der Waals surface area contributed by atoms with Crippen molar-refractivity contribution in [3.8, 4) is 0 Å². The van der Waals surface area contributed by atoms with Crippen molar-refractivity contribution in [2.75, 3.05) is 18.5 Å². The fraction of sp³-hybridized carbons (Fsp3) is 0.250. The lowest BCUT2D eigenvalue weighted by Gasteiger charge is -2.20. The lowest BCUT2D eigenvalue weighted by Crippen LogP contribution is -2.18. The maximum absolute atomic E-state index is 13.4. The van der Waals surface area contributed by atoms with Crippen molar-refractivity contribution in [2.45, 2.75) is 12.5 Å². The molecule has 1 aliphatic rings. The van der Waals surface area contributed by atoms with Crippen molar-refractivity contribution in [3.05, 3.63) is 72.2 Å². The van der Waals surface area contributed by atoms with E-state index in [4.69, 9.17) is 4.74 Å². The molecule has 4 rings (SSSR count). The second-order valence-electron chi connectivity index (χ2n) is 6.15. The van der Waals surface area contributed by atoms with Crippen molar-refractivity contribution in [3.63, 3.8) is 0 Å². The first-order valence-corrected chi connectivity index (χ1v) is 8.26. The second-order valence-corrected chi connectivity index (χ2v) is 6.15. The lowest BCUT2D eigenvalue weighted by atomic mass is 9.95. The van der Waals surface area contributed by atoms with E-state index in [9.17, 15) is 4.39 Å². The Morgan fingerprint density at radius 3 is 2.88 bits per heavy atom. The van der Waals surface area contributed by atoms with Gasteiger partial charge in [-0.25, -0.2) is 4.39 Å². The molecule has 0 bridgehead atoms. The number of benzene rings is 2. The highest BCUT2D eigenvalue weighted by molar-refractivity contribution is 5.90. The molecule has 1 aromatic heterocycles. The van der Waals surface area contributed by atoms with Gasteiger partial charge < -0.3 is 10.1 Å². The van der Waals surface area contributed by atoms with Crippen LogP contribution in [-0.4, -0.2) is 18.1 Å². The molecule has 0 radical (unpaired) electrons. The zero-order valence-electron chi connectivity index (χ0n) is 13.3. The van der Waals surface area contributed by atoms with Crippen LogP contribution < -0.4 is 5.32 Å².